The first-order valence-electron chi connectivity index (χ1n) is 9.62. The molecule has 4 nitrogen and oxygen atoms in total. The van der Waals surface area contributed by atoms with Gasteiger partial charge in [0.05, 0.1) is 0 Å². The molecule has 0 bridgehead atoms. The fraction of sp³-hybridized carbons (Fsp3) is 0.364. The highest BCUT2D eigenvalue weighted by molar-refractivity contribution is 6.30. The topological polar surface area (TPSA) is 51.0 Å². The van der Waals surface area contributed by atoms with Gasteiger partial charge in [0.25, 0.3) is 5.89 Å². The number of nitrogens with zero attached hydrogens (tertiary/aromatic N) is 2. The Morgan fingerprint density at radius 2 is 1.85 bits per heavy atom. The second kappa shape index (κ2) is 6.77. The molecule has 5 rings (SSSR count). The van der Waals surface area contributed by atoms with Gasteiger partial charge in [-0.05, 0) is 49.1 Å². The summed E-state index contributed by atoms with van der Waals surface area (Å²) in [6, 6.07) is 18.9. The lowest BCUT2D eigenvalue weighted by Gasteiger charge is -2.39. The number of rotatable bonds is 6. The Labute approximate surface area is 163 Å². The van der Waals surface area contributed by atoms with E-state index in [1.54, 1.807) is 0 Å². The fourth-order valence-corrected chi connectivity index (χ4v) is 4.17. The van der Waals surface area contributed by atoms with Crippen molar-refractivity contribution in [2.75, 3.05) is 6.54 Å². The first-order chi connectivity index (χ1) is 13.2. The molecule has 2 fully saturated rings. The number of hydrogen-bond donors (Lipinski definition) is 1. The Bertz CT molecular complexity index is 918. The summed E-state index contributed by atoms with van der Waals surface area (Å²) in [6.45, 7) is 0.917. The van der Waals surface area contributed by atoms with Gasteiger partial charge in [-0.2, -0.15) is 4.98 Å². The van der Waals surface area contributed by atoms with Crippen LogP contribution in [0.4, 0.5) is 0 Å². The van der Waals surface area contributed by atoms with E-state index in [4.69, 9.17) is 21.1 Å². The van der Waals surface area contributed by atoms with E-state index < -0.39 is 0 Å². The Morgan fingerprint density at radius 3 is 2.56 bits per heavy atom. The van der Waals surface area contributed by atoms with E-state index in [-0.39, 0.29) is 5.41 Å². The second-order valence-corrected chi connectivity index (χ2v) is 8.24. The average molecular weight is 380 g/mol. The number of nitrogens with one attached hydrogen (secondary N) is 1. The number of hydrogen-bond acceptors (Lipinski definition) is 4. The molecule has 0 saturated heterocycles. The zero-order valence-corrected chi connectivity index (χ0v) is 15.8. The van der Waals surface area contributed by atoms with Crippen LogP contribution in [0.5, 0.6) is 0 Å². The molecule has 2 aliphatic carbocycles. The lowest BCUT2D eigenvalue weighted by Crippen LogP contribution is -2.45. The summed E-state index contributed by atoms with van der Waals surface area (Å²) >= 11 is 5.97. The normalized spacial score (nSPS) is 23.0. The SMILES string of the molecule is Clc1ccc(-c2nc(C3(CN[C@H]4CC4c4ccccc4)CCC3)no2)cc1. The van der Waals surface area contributed by atoms with Crippen molar-refractivity contribution in [2.24, 2.45) is 0 Å². The molecule has 1 N–H and O–H groups in total. The van der Waals surface area contributed by atoms with Crippen LogP contribution in [0.3, 0.4) is 0 Å². The third-order valence-electron chi connectivity index (χ3n) is 6.02. The minimum atomic E-state index is 0.0119. The minimum Gasteiger partial charge on any atom is -0.334 e. The van der Waals surface area contributed by atoms with E-state index in [1.807, 2.05) is 24.3 Å². The average Bonchev–Trinajstić information content (AvgIpc) is 3.28. The van der Waals surface area contributed by atoms with Gasteiger partial charge in [0.1, 0.15) is 0 Å². The van der Waals surface area contributed by atoms with Crippen molar-refractivity contribution in [1.29, 1.82) is 0 Å². The van der Waals surface area contributed by atoms with Gasteiger partial charge < -0.3 is 9.84 Å². The molecule has 0 spiro atoms. The maximum absolute atomic E-state index is 5.97. The van der Waals surface area contributed by atoms with Gasteiger partial charge in [-0.25, -0.2) is 0 Å². The molecule has 2 aliphatic rings. The molecule has 1 unspecified atom stereocenters. The molecule has 1 aromatic heterocycles. The summed E-state index contributed by atoms with van der Waals surface area (Å²) in [5.41, 5.74) is 2.35. The maximum Gasteiger partial charge on any atom is 0.257 e. The van der Waals surface area contributed by atoms with Crippen molar-refractivity contribution >= 4 is 11.6 Å². The predicted molar refractivity (Wildman–Crippen MR) is 106 cm³/mol. The number of halogens is 1. The van der Waals surface area contributed by atoms with Crippen LogP contribution in [0.1, 0.15) is 43.0 Å². The zero-order valence-electron chi connectivity index (χ0n) is 15.1. The summed E-state index contributed by atoms with van der Waals surface area (Å²) in [6.07, 6.45) is 4.66. The standard InChI is InChI=1S/C22H22ClN3O/c23-17-9-7-16(8-10-17)20-25-21(26-27-20)22(11-4-12-22)14-24-19-13-18(19)15-5-2-1-3-6-15/h1-3,5-10,18-19,24H,4,11-14H2/t18?,19-/m0/s1. The number of benzene rings is 2. The van der Waals surface area contributed by atoms with Crippen LogP contribution in [-0.2, 0) is 5.41 Å². The molecular formula is C22H22ClN3O. The first kappa shape index (κ1) is 17.0. The molecule has 1 heterocycles. The second-order valence-electron chi connectivity index (χ2n) is 7.80. The van der Waals surface area contributed by atoms with E-state index in [9.17, 15) is 0 Å². The molecule has 5 heteroatoms. The summed E-state index contributed by atoms with van der Waals surface area (Å²) < 4.78 is 5.55. The van der Waals surface area contributed by atoms with Crippen LogP contribution in [0.15, 0.2) is 59.1 Å². The molecule has 0 aliphatic heterocycles. The largest absolute Gasteiger partial charge is 0.334 e. The molecule has 0 radical (unpaired) electrons. The van der Waals surface area contributed by atoms with E-state index >= 15 is 0 Å². The van der Waals surface area contributed by atoms with E-state index in [1.165, 1.54) is 18.4 Å². The number of aromatic nitrogens is 2. The molecule has 2 aromatic carbocycles. The minimum absolute atomic E-state index is 0.0119. The Morgan fingerprint density at radius 1 is 1.07 bits per heavy atom. The highest BCUT2D eigenvalue weighted by Crippen LogP contribution is 2.45. The van der Waals surface area contributed by atoms with Gasteiger partial charge >= 0.3 is 0 Å². The van der Waals surface area contributed by atoms with Crippen molar-refractivity contribution in [3.8, 4) is 11.5 Å². The van der Waals surface area contributed by atoms with Crippen molar-refractivity contribution in [2.45, 2.75) is 43.1 Å². The van der Waals surface area contributed by atoms with Crippen LogP contribution >= 0.6 is 11.6 Å². The van der Waals surface area contributed by atoms with Gasteiger partial charge in [-0.3, -0.25) is 0 Å². The van der Waals surface area contributed by atoms with Crippen LogP contribution in [0.25, 0.3) is 11.5 Å². The Hall–Kier alpha value is -2.17. The van der Waals surface area contributed by atoms with Crippen LogP contribution < -0.4 is 5.32 Å². The zero-order chi connectivity index (χ0) is 18.3. The summed E-state index contributed by atoms with van der Waals surface area (Å²) in [7, 11) is 0. The van der Waals surface area contributed by atoms with E-state index in [0.717, 1.165) is 30.8 Å². The van der Waals surface area contributed by atoms with Crippen LogP contribution in [-0.4, -0.2) is 22.7 Å². The van der Waals surface area contributed by atoms with Gasteiger partial charge in [0.2, 0.25) is 0 Å². The van der Waals surface area contributed by atoms with E-state index in [0.29, 0.717) is 22.9 Å². The van der Waals surface area contributed by atoms with Gasteiger partial charge in [0.15, 0.2) is 5.82 Å². The van der Waals surface area contributed by atoms with Gasteiger partial charge in [-0.1, -0.05) is 53.5 Å². The first-order valence-corrected chi connectivity index (χ1v) is 10.00. The summed E-state index contributed by atoms with van der Waals surface area (Å²) in [4.78, 5) is 4.72. The smallest absolute Gasteiger partial charge is 0.257 e. The van der Waals surface area contributed by atoms with Crippen LogP contribution in [0.2, 0.25) is 5.02 Å². The monoisotopic (exact) mass is 379 g/mol. The summed E-state index contributed by atoms with van der Waals surface area (Å²) in [5, 5.41) is 8.79. The van der Waals surface area contributed by atoms with Crippen molar-refractivity contribution in [3.63, 3.8) is 0 Å². The molecule has 2 saturated carbocycles. The molecule has 2 atom stereocenters. The molecular weight excluding hydrogens is 358 g/mol. The van der Waals surface area contributed by atoms with Gasteiger partial charge in [-0.15, -0.1) is 0 Å². The molecule has 138 valence electrons. The summed E-state index contributed by atoms with van der Waals surface area (Å²) in [5.74, 6) is 2.04. The Balaban J connectivity index is 1.27. The lowest BCUT2D eigenvalue weighted by molar-refractivity contribution is 0.211. The third kappa shape index (κ3) is 3.28. The molecule has 3 aromatic rings. The molecule has 0 amide bonds. The predicted octanol–water partition coefficient (Wildman–Crippen LogP) is 4.96. The maximum atomic E-state index is 5.97. The highest BCUT2D eigenvalue weighted by atomic mass is 35.5. The van der Waals surface area contributed by atoms with Crippen LogP contribution in [0, 0.1) is 0 Å². The molecule has 27 heavy (non-hydrogen) atoms. The Kier molecular flexibility index (Phi) is 4.25. The van der Waals surface area contributed by atoms with Crippen molar-refractivity contribution in [1.82, 2.24) is 15.5 Å². The quantitative estimate of drug-likeness (QED) is 0.657. The fourth-order valence-electron chi connectivity index (χ4n) is 4.05. The highest BCUT2D eigenvalue weighted by Gasteiger charge is 2.46. The lowest BCUT2D eigenvalue weighted by atomic mass is 9.68. The van der Waals surface area contributed by atoms with Crippen molar-refractivity contribution < 1.29 is 4.52 Å². The van der Waals surface area contributed by atoms with Crippen molar-refractivity contribution in [3.05, 3.63) is 71.0 Å². The third-order valence-corrected chi connectivity index (χ3v) is 6.27. The van der Waals surface area contributed by atoms with E-state index in [2.05, 4.69) is 40.8 Å². The van der Waals surface area contributed by atoms with Gasteiger partial charge in [0, 0.05) is 34.5 Å².